The molecule has 0 aromatic heterocycles. The predicted molar refractivity (Wildman–Crippen MR) is 106 cm³/mol. The number of carbonyl (C=O) groups excluding carboxylic acids is 3. The third kappa shape index (κ3) is 8.22. The SMILES string of the molecule is CC(=O)C(Cc1ccccc1)NC(=O)COC(=O)/C=C/c1ccc(OC(F)F)cc1. The Bertz CT molecular complexity index is 882. The zero-order valence-corrected chi connectivity index (χ0v) is 16.2. The van der Waals surface area contributed by atoms with E-state index < -0.39 is 31.1 Å². The van der Waals surface area contributed by atoms with Crippen LogP contribution in [0.25, 0.3) is 6.08 Å². The summed E-state index contributed by atoms with van der Waals surface area (Å²) in [6.07, 6.45) is 2.84. The molecule has 0 aliphatic rings. The Morgan fingerprint density at radius 3 is 2.30 bits per heavy atom. The lowest BCUT2D eigenvalue weighted by atomic mass is 10.0. The number of alkyl halides is 2. The van der Waals surface area contributed by atoms with E-state index in [0.29, 0.717) is 12.0 Å². The summed E-state index contributed by atoms with van der Waals surface area (Å²) >= 11 is 0. The number of nitrogens with one attached hydrogen (secondary N) is 1. The quantitative estimate of drug-likeness (QED) is 0.474. The maximum absolute atomic E-state index is 12.1. The standard InChI is InChI=1S/C22H21F2NO5/c1-15(26)19(13-17-5-3-2-4-6-17)25-20(27)14-29-21(28)12-9-16-7-10-18(11-8-16)30-22(23)24/h2-12,19,22H,13-14H2,1H3,(H,25,27)/b12-9+. The molecule has 0 heterocycles. The number of carbonyl (C=O) groups is 3. The van der Waals surface area contributed by atoms with Crippen molar-refractivity contribution >= 4 is 23.7 Å². The Hall–Kier alpha value is -3.55. The van der Waals surface area contributed by atoms with Gasteiger partial charge in [-0.2, -0.15) is 8.78 Å². The Balaban J connectivity index is 1.80. The van der Waals surface area contributed by atoms with Gasteiger partial charge in [-0.05, 0) is 42.7 Å². The van der Waals surface area contributed by atoms with Gasteiger partial charge in [0.05, 0.1) is 6.04 Å². The maximum atomic E-state index is 12.1. The molecule has 8 heteroatoms. The number of hydrogen-bond acceptors (Lipinski definition) is 5. The van der Waals surface area contributed by atoms with Gasteiger partial charge in [0.1, 0.15) is 5.75 Å². The number of ketones is 1. The molecule has 30 heavy (non-hydrogen) atoms. The van der Waals surface area contributed by atoms with Crippen LogP contribution in [0.5, 0.6) is 5.75 Å². The smallest absolute Gasteiger partial charge is 0.387 e. The molecule has 0 fully saturated rings. The lowest BCUT2D eigenvalue weighted by molar-refractivity contribution is -0.144. The fourth-order valence-corrected chi connectivity index (χ4v) is 2.49. The van der Waals surface area contributed by atoms with Crippen molar-refractivity contribution < 1.29 is 32.6 Å². The molecule has 1 N–H and O–H groups in total. The van der Waals surface area contributed by atoms with Crippen molar-refractivity contribution in [2.45, 2.75) is 26.0 Å². The molecule has 6 nitrogen and oxygen atoms in total. The van der Waals surface area contributed by atoms with Gasteiger partial charge in [-0.15, -0.1) is 0 Å². The average molecular weight is 417 g/mol. The van der Waals surface area contributed by atoms with E-state index in [1.54, 1.807) is 0 Å². The predicted octanol–water partition coefficient (Wildman–Crippen LogP) is 3.16. The summed E-state index contributed by atoms with van der Waals surface area (Å²) in [6.45, 7) is -2.08. The minimum Gasteiger partial charge on any atom is -0.452 e. The zero-order chi connectivity index (χ0) is 21.9. The number of halogens is 2. The highest BCUT2D eigenvalue weighted by molar-refractivity contribution is 5.91. The van der Waals surface area contributed by atoms with Crippen molar-refractivity contribution in [3.63, 3.8) is 0 Å². The molecular weight excluding hydrogens is 396 g/mol. The number of benzene rings is 2. The second kappa shape index (κ2) is 11.5. The van der Waals surface area contributed by atoms with Gasteiger partial charge >= 0.3 is 12.6 Å². The minimum atomic E-state index is -2.91. The van der Waals surface area contributed by atoms with Gasteiger partial charge < -0.3 is 14.8 Å². The highest BCUT2D eigenvalue weighted by Gasteiger charge is 2.18. The Labute approximate surface area is 172 Å². The van der Waals surface area contributed by atoms with Crippen LogP contribution in [0.2, 0.25) is 0 Å². The van der Waals surface area contributed by atoms with E-state index in [2.05, 4.69) is 10.1 Å². The first-order valence-electron chi connectivity index (χ1n) is 9.07. The summed E-state index contributed by atoms with van der Waals surface area (Å²) in [5, 5.41) is 2.55. The van der Waals surface area contributed by atoms with Crippen LogP contribution in [0.15, 0.2) is 60.7 Å². The Morgan fingerprint density at radius 1 is 1.03 bits per heavy atom. The summed E-state index contributed by atoms with van der Waals surface area (Å²) in [6, 6.07) is 14.1. The van der Waals surface area contributed by atoms with Crippen molar-refractivity contribution in [1.82, 2.24) is 5.32 Å². The van der Waals surface area contributed by atoms with Crippen LogP contribution in [-0.2, 0) is 25.5 Å². The molecule has 0 saturated heterocycles. The summed E-state index contributed by atoms with van der Waals surface area (Å²) in [4.78, 5) is 35.6. The number of Topliss-reactive ketones (excluding diaryl/α,β-unsaturated/α-hetero) is 1. The summed E-state index contributed by atoms with van der Waals surface area (Å²) in [7, 11) is 0. The number of hydrogen-bond donors (Lipinski definition) is 1. The highest BCUT2D eigenvalue weighted by atomic mass is 19.3. The molecule has 1 amide bonds. The summed E-state index contributed by atoms with van der Waals surface area (Å²) in [5.41, 5.74) is 1.44. The molecule has 2 aromatic rings. The van der Waals surface area contributed by atoms with Crippen LogP contribution in [0, 0.1) is 0 Å². The topological polar surface area (TPSA) is 81.7 Å². The maximum Gasteiger partial charge on any atom is 0.387 e. The molecule has 0 aliphatic heterocycles. The molecular formula is C22H21F2NO5. The number of ether oxygens (including phenoxy) is 2. The molecule has 1 atom stereocenters. The van der Waals surface area contributed by atoms with E-state index in [4.69, 9.17) is 4.74 Å². The first kappa shape index (κ1) is 22.7. The normalized spacial score (nSPS) is 11.9. The van der Waals surface area contributed by atoms with Crippen molar-refractivity contribution in [2.24, 2.45) is 0 Å². The van der Waals surface area contributed by atoms with Crippen LogP contribution in [0.4, 0.5) is 8.78 Å². The lowest BCUT2D eigenvalue weighted by Crippen LogP contribution is -2.43. The largest absolute Gasteiger partial charge is 0.452 e. The van der Waals surface area contributed by atoms with E-state index in [-0.39, 0.29) is 11.5 Å². The minimum absolute atomic E-state index is 0.00285. The Kier molecular flexibility index (Phi) is 8.68. The molecule has 2 rings (SSSR count). The first-order valence-corrected chi connectivity index (χ1v) is 9.07. The van der Waals surface area contributed by atoms with Gasteiger partial charge in [0.25, 0.3) is 5.91 Å². The number of amides is 1. The number of esters is 1. The average Bonchev–Trinajstić information content (AvgIpc) is 2.71. The van der Waals surface area contributed by atoms with Gasteiger partial charge in [0, 0.05) is 6.08 Å². The van der Waals surface area contributed by atoms with Gasteiger partial charge in [-0.3, -0.25) is 9.59 Å². The van der Waals surface area contributed by atoms with Gasteiger partial charge in [-0.25, -0.2) is 4.79 Å². The van der Waals surface area contributed by atoms with E-state index in [0.717, 1.165) is 11.6 Å². The molecule has 0 radical (unpaired) electrons. The third-order valence-corrected chi connectivity index (χ3v) is 3.97. The lowest BCUT2D eigenvalue weighted by Gasteiger charge is -2.16. The second-order valence-corrected chi connectivity index (χ2v) is 6.31. The van der Waals surface area contributed by atoms with Crippen LogP contribution < -0.4 is 10.1 Å². The molecule has 1 unspecified atom stereocenters. The van der Waals surface area contributed by atoms with Crippen molar-refractivity contribution in [3.05, 3.63) is 71.8 Å². The molecule has 0 aliphatic carbocycles. The van der Waals surface area contributed by atoms with Gasteiger partial charge in [0.2, 0.25) is 0 Å². The highest BCUT2D eigenvalue weighted by Crippen LogP contribution is 2.15. The fraction of sp³-hybridized carbons (Fsp3) is 0.227. The van der Waals surface area contributed by atoms with Crippen LogP contribution in [0.1, 0.15) is 18.1 Å². The van der Waals surface area contributed by atoms with E-state index >= 15 is 0 Å². The van der Waals surface area contributed by atoms with Crippen molar-refractivity contribution in [2.75, 3.05) is 6.61 Å². The summed E-state index contributed by atoms with van der Waals surface area (Å²) < 4.78 is 33.3. The van der Waals surface area contributed by atoms with E-state index in [1.807, 2.05) is 30.3 Å². The molecule has 2 aromatic carbocycles. The fourth-order valence-electron chi connectivity index (χ4n) is 2.49. The van der Waals surface area contributed by atoms with Gasteiger partial charge in [-0.1, -0.05) is 42.5 Å². The molecule has 158 valence electrons. The van der Waals surface area contributed by atoms with Gasteiger partial charge in [0.15, 0.2) is 12.4 Å². The second-order valence-electron chi connectivity index (χ2n) is 6.31. The zero-order valence-electron chi connectivity index (χ0n) is 16.2. The molecule has 0 spiro atoms. The molecule has 0 bridgehead atoms. The van der Waals surface area contributed by atoms with Crippen molar-refractivity contribution in [3.8, 4) is 5.75 Å². The van der Waals surface area contributed by atoms with Crippen LogP contribution >= 0.6 is 0 Å². The first-order chi connectivity index (χ1) is 14.3. The molecule has 0 saturated carbocycles. The van der Waals surface area contributed by atoms with Crippen LogP contribution in [-0.4, -0.2) is 36.9 Å². The third-order valence-electron chi connectivity index (χ3n) is 3.97. The summed E-state index contributed by atoms with van der Waals surface area (Å²) in [5.74, 6) is -1.57. The van der Waals surface area contributed by atoms with Crippen molar-refractivity contribution in [1.29, 1.82) is 0 Å². The van der Waals surface area contributed by atoms with E-state index in [1.165, 1.54) is 37.3 Å². The number of rotatable bonds is 10. The van der Waals surface area contributed by atoms with Crippen LogP contribution in [0.3, 0.4) is 0 Å². The van der Waals surface area contributed by atoms with E-state index in [9.17, 15) is 23.2 Å². The Morgan fingerprint density at radius 2 is 1.70 bits per heavy atom. The monoisotopic (exact) mass is 417 g/mol.